The Kier molecular flexibility index (Phi) is 6.45. The molecule has 1 aromatic carbocycles. The molecule has 1 fully saturated rings. The van der Waals surface area contributed by atoms with Crippen LogP contribution in [0.25, 0.3) is 10.9 Å². The van der Waals surface area contributed by atoms with Crippen LogP contribution in [0.1, 0.15) is 12.1 Å². The number of amides is 1. The van der Waals surface area contributed by atoms with Crippen LogP contribution in [0, 0.1) is 0 Å². The summed E-state index contributed by atoms with van der Waals surface area (Å²) in [6, 6.07) is 11.0. The molecule has 0 bridgehead atoms. The maximum Gasteiger partial charge on any atom is 0.273 e. The number of aliphatic imine (C=N–C) groups is 1. The molecule has 1 unspecified atom stereocenters. The topological polar surface area (TPSA) is 89.1 Å². The molecule has 0 spiro atoms. The molecule has 1 atom stereocenters. The van der Waals surface area contributed by atoms with E-state index >= 15 is 0 Å². The van der Waals surface area contributed by atoms with E-state index in [9.17, 15) is 13.2 Å². The van der Waals surface area contributed by atoms with E-state index < -0.39 is 10.0 Å². The quantitative estimate of drug-likeness (QED) is 0.543. The summed E-state index contributed by atoms with van der Waals surface area (Å²) < 4.78 is 27.7. The van der Waals surface area contributed by atoms with Gasteiger partial charge in [-0.25, -0.2) is 8.42 Å². The molecule has 34 heavy (non-hydrogen) atoms. The lowest BCUT2D eigenvalue weighted by Gasteiger charge is -2.32. The lowest BCUT2D eigenvalue weighted by Crippen LogP contribution is -2.47. The van der Waals surface area contributed by atoms with Crippen molar-refractivity contribution in [3.05, 3.63) is 47.5 Å². The number of fused-ring (bicyclic) bond motifs is 1. The predicted octanol–water partition coefficient (Wildman–Crippen LogP) is 3.08. The van der Waals surface area contributed by atoms with Crippen LogP contribution in [0.4, 0.5) is 5.69 Å². The SMILES string of the molecule is CN1CCN(C(=O)CC2CN=C(c3cc4cccc(N(C)S(=O)(=O)c5cccs5)c4[nH]3)S2)CC1. The summed E-state index contributed by atoms with van der Waals surface area (Å²) in [7, 11) is 0.0196. The number of hydrogen-bond acceptors (Lipinski definition) is 7. The van der Waals surface area contributed by atoms with Gasteiger partial charge in [0.2, 0.25) is 5.91 Å². The Bertz CT molecular complexity index is 1330. The molecule has 4 heterocycles. The summed E-state index contributed by atoms with van der Waals surface area (Å²) in [5, 5.41) is 3.66. The Hall–Kier alpha value is -2.34. The largest absolute Gasteiger partial charge is 0.351 e. The summed E-state index contributed by atoms with van der Waals surface area (Å²) >= 11 is 2.82. The second-order valence-corrected chi connectivity index (χ2v) is 13.0. The van der Waals surface area contributed by atoms with Crippen molar-refractivity contribution in [3.8, 4) is 0 Å². The number of nitrogens with one attached hydrogen (secondary N) is 1. The number of nitrogens with zero attached hydrogens (tertiary/aromatic N) is 4. The number of rotatable bonds is 6. The lowest BCUT2D eigenvalue weighted by atomic mass is 10.2. The highest BCUT2D eigenvalue weighted by molar-refractivity contribution is 8.15. The van der Waals surface area contributed by atoms with Gasteiger partial charge in [-0.3, -0.25) is 14.1 Å². The van der Waals surface area contributed by atoms with E-state index in [-0.39, 0.29) is 11.2 Å². The van der Waals surface area contributed by atoms with Crippen LogP contribution in [0.5, 0.6) is 0 Å². The average molecular weight is 518 g/mol. The first kappa shape index (κ1) is 23.4. The van der Waals surface area contributed by atoms with E-state index in [1.807, 2.05) is 23.1 Å². The van der Waals surface area contributed by atoms with E-state index in [1.54, 1.807) is 42.4 Å². The van der Waals surface area contributed by atoms with Crippen molar-refractivity contribution in [2.45, 2.75) is 15.9 Å². The fraction of sp³-hybridized carbons (Fsp3) is 0.391. The van der Waals surface area contributed by atoms with Crippen LogP contribution < -0.4 is 4.31 Å². The Morgan fingerprint density at radius 2 is 2.00 bits per heavy atom. The number of carbonyl (C=O) groups excluding carboxylic acids is 1. The van der Waals surface area contributed by atoms with Gasteiger partial charge in [-0.2, -0.15) is 0 Å². The minimum Gasteiger partial charge on any atom is -0.351 e. The molecule has 1 N–H and O–H groups in total. The van der Waals surface area contributed by atoms with Gasteiger partial charge in [-0.1, -0.05) is 30.0 Å². The molecule has 1 saturated heterocycles. The molecular weight excluding hydrogens is 490 g/mol. The van der Waals surface area contributed by atoms with E-state index in [1.165, 1.54) is 15.6 Å². The Balaban J connectivity index is 1.31. The molecule has 3 aromatic rings. The number of H-pyrrole nitrogens is 1. The zero-order valence-corrected chi connectivity index (χ0v) is 21.5. The third-order valence-electron chi connectivity index (χ3n) is 6.29. The number of carbonyl (C=O) groups is 1. The van der Waals surface area contributed by atoms with Gasteiger partial charge in [0, 0.05) is 50.3 Å². The highest BCUT2D eigenvalue weighted by Crippen LogP contribution is 2.34. The standard InChI is InChI=1S/C23H27N5O3S3/c1-26-8-10-28(11-9-26)20(29)14-17-15-24-23(33-17)18-13-16-5-3-6-19(22(16)25-18)27(2)34(30,31)21-7-4-12-32-21/h3-7,12-13,17,25H,8-11,14-15H2,1-2H3. The minimum absolute atomic E-state index is 0.120. The number of hydrogen-bond donors (Lipinski definition) is 1. The number of thiophene rings is 1. The van der Waals surface area contributed by atoms with E-state index in [0.29, 0.717) is 22.9 Å². The van der Waals surface area contributed by atoms with Gasteiger partial charge in [-0.15, -0.1) is 11.3 Å². The Morgan fingerprint density at radius 3 is 2.74 bits per heavy atom. The van der Waals surface area contributed by atoms with Gasteiger partial charge >= 0.3 is 0 Å². The average Bonchev–Trinajstić information content (AvgIpc) is 3.59. The molecule has 180 valence electrons. The molecule has 8 nitrogen and oxygen atoms in total. The number of likely N-dealkylation sites (N-methyl/N-ethyl adjacent to an activating group) is 1. The fourth-order valence-corrected chi connectivity index (χ4v) is 7.69. The molecule has 2 aliphatic rings. The highest BCUT2D eigenvalue weighted by Gasteiger charge is 2.29. The summed E-state index contributed by atoms with van der Waals surface area (Å²) in [6.07, 6.45) is 0.481. The first-order valence-electron chi connectivity index (χ1n) is 11.1. The summed E-state index contributed by atoms with van der Waals surface area (Å²) in [6.45, 7) is 4.01. The van der Waals surface area contributed by atoms with E-state index in [0.717, 1.165) is 47.8 Å². The first-order valence-corrected chi connectivity index (χ1v) is 14.3. The normalized spacial score (nSPS) is 19.5. The zero-order valence-electron chi connectivity index (χ0n) is 19.1. The van der Waals surface area contributed by atoms with Gasteiger partial charge in [-0.05, 0) is 30.6 Å². The van der Waals surface area contributed by atoms with Crippen molar-refractivity contribution in [2.75, 3.05) is 51.1 Å². The lowest BCUT2D eigenvalue weighted by molar-refractivity contribution is -0.132. The first-order chi connectivity index (χ1) is 16.3. The van der Waals surface area contributed by atoms with Crippen molar-refractivity contribution in [1.29, 1.82) is 0 Å². The van der Waals surface area contributed by atoms with Gasteiger partial charge < -0.3 is 14.8 Å². The number of sulfonamides is 1. The highest BCUT2D eigenvalue weighted by atomic mass is 32.2. The Morgan fingerprint density at radius 1 is 1.21 bits per heavy atom. The summed E-state index contributed by atoms with van der Waals surface area (Å²) in [4.78, 5) is 25.0. The number of aromatic amines is 1. The van der Waals surface area contributed by atoms with E-state index in [4.69, 9.17) is 4.99 Å². The van der Waals surface area contributed by atoms with Crippen molar-refractivity contribution >= 4 is 60.7 Å². The molecule has 2 aliphatic heterocycles. The number of aromatic nitrogens is 1. The van der Waals surface area contributed by atoms with Crippen LogP contribution in [0.2, 0.25) is 0 Å². The minimum atomic E-state index is -3.64. The molecule has 0 saturated carbocycles. The van der Waals surface area contributed by atoms with E-state index in [2.05, 4.69) is 16.9 Å². The third kappa shape index (κ3) is 4.49. The smallest absolute Gasteiger partial charge is 0.273 e. The molecule has 1 amide bonds. The van der Waals surface area contributed by atoms with Gasteiger partial charge in [0.15, 0.2) is 0 Å². The molecule has 2 aromatic heterocycles. The monoisotopic (exact) mass is 517 g/mol. The third-order valence-corrected chi connectivity index (χ3v) is 10.7. The van der Waals surface area contributed by atoms with Crippen LogP contribution >= 0.6 is 23.1 Å². The van der Waals surface area contributed by atoms with Crippen LogP contribution in [0.15, 0.2) is 51.0 Å². The van der Waals surface area contributed by atoms with Gasteiger partial charge in [0.05, 0.1) is 23.4 Å². The van der Waals surface area contributed by atoms with Crippen LogP contribution in [0.3, 0.4) is 0 Å². The van der Waals surface area contributed by atoms with Crippen molar-refractivity contribution in [1.82, 2.24) is 14.8 Å². The molecule has 11 heteroatoms. The maximum atomic E-state index is 13.1. The molecule has 0 aliphatic carbocycles. The Labute approximate surface area is 207 Å². The summed E-state index contributed by atoms with van der Waals surface area (Å²) in [5.74, 6) is 0.196. The zero-order chi connectivity index (χ0) is 23.9. The fourth-order valence-electron chi connectivity index (χ4n) is 4.24. The van der Waals surface area contributed by atoms with Crippen LogP contribution in [-0.4, -0.2) is 86.2 Å². The van der Waals surface area contributed by atoms with Gasteiger partial charge in [0.25, 0.3) is 10.0 Å². The molecule has 5 rings (SSSR count). The number of benzene rings is 1. The number of para-hydroxylation sites is 1. The molecule has 0 radical (unpaired) electrons. The van der Waals surface area contributed by atoms with Gasteiger partial charge in [0.1, 0.15) is 9.25 Å². The van der Waals surface area contributed by atoms with Crippen molar-refractivity contribution in [3.63, 3.8) is 0 Å². The number of anilines is 1. The van der Waals surface area contributed by atoms with Crippen molar-refractivity contribution < 1.29 is 13.2 Å². The number of thioether (sulfide) groups is 1. The predicted molar refractivity (Wildman–Crippen MR) is 140 cm³/mol. The van der Waals surface area contributed by atoms with Crippen LogP contribution in [-0.2, 0) is 14.8 Å². The number of piperazine rings is 1. The maximum absolute atomic E-state index is 13.1. The molecular formula is C23H27N5O3S3. The second-order valence-electron chi connectivity index (χ2n) is 8.60. The second kappa shape index (κ2) is 9.37. The summed E-state index contributed by atoms with van der Waals surface area (Å²) in [5.41, 5.74) is 2.19. The van der Waals surface area contributed by atoms with Crippen molar-refractivity contribution in [2.24, 2.45) is 4.99 Å².